The number of rotatable bonds is 2. The number of hydrogen-bond donors (Lipinski definition) is 2. The summed E-state index contributed by atoms with van der Waals surface area (Å²) in [6.45, 7) is 5.92. The summed E-state index contributed by atoms with van der Waals surface area (Å²) < 4.78 is 0. The fraction of sp³-hybridized carbons (Fsp3) is 0.111. The third-order valence-corrected chi connectivity index (χ3v) is 2.65. The molecule has 0 spiro atoms. The second kappa shape index (κ2) is 12.9. The maximum atomic E-state index is 9.25. The highest BCUT2D eigenvalue weighted by molar-refractivity contribution is 8.78. The van der Waals surface area contributed by atoms with E-state index in [0.29, 0.717) is 0 Å². The predicted octanol–water partition coefficient (Wildman–Crippen LogP) is 2.41. The van der Waals surface area contributed by atoms with E-state index in [4.69, 9.17) is 10.2 Å². The van der Waals surface area contributed by atoms with Gasteiger partial charge in [-0.05, 0) is 5.41 Å². The molecule has 1 heterocycles. The van der Waals surface area contributed by atoms with E-state index < -0.39 is 11.9 Å². The molecule has 0 aromatic rings. The first-order valence-corrected chi connectivity index (χ1v) is 6.06. The van der Waals surface area contributed by atoms with Crippen LogP contribution in [0.15, 0.2) is 36.8 Å². The van der Waals surface area contributed by atoms with Crippen LogP contribution in [0, 0.1) is 0 Å². The van der Waals surface area contributed by atoms with Gasteiger partial charge in [0.15, 0.2) is 0 Å². The number of aliphatic carboxylic acids is 2. The number of carboxylic acids is 2. The second-order valence-electron chi connectivity index (χ2n) is 1.84. The van der Waals surface area contributed by atoms with Crippen molar-refractivity contribution in [3.63, 3.8) is 0 Å². The molecule has 0 amide bonds. The zero-order valence-corrected chi connectivity index (χ0v) is 9.59. The summed E-state index contributed by atoms with van der Waals surface area (Å²) in [5.41, 5.74) is 0. The van der Waals surface area contributed by atoms with Gasteiger partial charge in [0.25, 0.3) is 0 Å². The molecule has 0 aromatic carbocycles. The lowest BCUT2D eigenvalue weighted by Gasteiger charge is -1.69. The fourth-order valence-corrected chi connectivity index (χ4v) is 1.77. The average molecular weight is 248 g/mol. The highest BCUT2D eigenvalue weighted by Gasteiger charge is 1.85. The standard InChI is InChI=1S/2C3H4O2.C3H4S2/c2*1-2-3(4)5;1-2-4-5-3-1/h2*2H,1H2,(H,4,5);1-2H,3H2. The predicted molar refractivity (Wildman–Crippen MR) is 64.9 cm³/mol. The second-order valence-corrected chi connectivity index (χ2v) is 4.16. The molecular formula is C9H12O4S2. The Balaban J connectivity index is 0. The SMILES string of the molecule is C1=CSSC1.C=CC(=O)O.C=CC(=O)O. The summed E-state index contributed by atoms with van der Waals surface area (Å²) >= 11 is 0. The molecule has 2 N–H and O–H groups in total. The summed E-state index contributed by atoms with van der Waals surface area (Å²) in [7, 11) is 3.69. The van der Waals surface area contributed by atoms with Gasteiger partial charge in [0.1, 0.15) is 0 Å². The van der Waals surface area contributed by atoms with E-state index in [9.17, 15) is 9.59 Å². The minimum absolute atomic E-state index is 0.833. The topological polar surface area (TPSA) is 74.6 Å². The third kappa shape index (κ3) is 24.6. The highest BCUT2D eigenvalue weighted by atomic mass is 33.1. The Kier molecular flexibility index (Phi) is 14.0. The molecule has 0 atom stereocenters. The van der Waals surface area contributed by atoms with Gasteiger partial charge in [0, 0.05) is 17.9 Å². The van der Waals surface area contributed by atoms with Gasteiger partial charge in [-0.25, -0.2) is 9.59 Å². The minimum Gasteiger partial charge on any atom is -0.478 e. The van der Waals surface area contributed by atoms with Crippen molar-refractivity contribution in [1.29, 1.82) is 0 Å². The molecule has 84 valence electrons. The molecule has 0 aromatic heterocycles. The molecule has 4 nitrogen and oxygen atoms in total. The first kappa shape index (κ1) is 16.3. The number of carbonyl (C=O) groups is 2. The van der Waals surface area contributed by atoms with Crippen molar-refractivity contribution in [3.8, 4) is 0 Å². The van der Waals surface area contributed by atoms with Gasteiger partial charge in [0.2, 0.25) is 0 Å². The normalized spacial score (nSPS) is 11.2. The van der Waals surface area contributed by atoms with Crippen molar-refractivity contribution in [1.82, 2.24) is 0 Å². The zero-order valence-electron chi connectivity index (χ0n) is 7.96. The highest BCUT2D eigenvalue weighted by Crippen LogP contribution is 2.27. The van der Waals surface area contributed by atoms with E-state index in [-0.39, 0.29) is 0 Å². The van der Waals surface area contributed by atoms with Crippen molar-refractivity contribution in [2.75, 3.05) is 5.75 Å². The minimum atomic E-state index is -0.981. The molecule has 0 radical (unpaired) electrons. The number of carboxylic acid groups (broad SMARTS) is 2. The van der Waals surface area contributed by atoms with E-state index in [1.807, 2.05) is 21.6 Å². The number of hydrogen-bond acceptors (Lipinski definition) is 4. The molecule has 1 aliphatic rings. The van der Waals surface area contributed by atoms with Crippen LogP contribution in [0.25, 0.3) is 0 Å². The Morgan fingerprint density at radius 1 is 1.20 bits per heavy atom. The van der Waals surface area contributed by atoms with Crippen LogP contribution >= 0.6 is 21.6 Å². The Hall–Kier alpha value is -1.14. The van der Waals surface area contributed by atoms with Gasteiger partial charge >= 0.3 is 11.9 Å². The molecule has 0 saturated carbocycles. The molecule has 6 heteroatoms. The maximum Gasteiger partial charge on any atom is 0.327 e. The summed E-state index contributed by atoms with van der Waals surface area (Å²) in [5, 5.41) is 17.3. The van der Waals surface area contributed by atoms with Crippen LogP contribution in [-0.2, 0) is 9.59 Å². The Morgan fingerprint density at radius 2 is 1.60 bits per heavy atom. The Bertz CT molecular complexity index is 224. The molecule has 0 unspecified atom stereocenters. The monoisotopic (exact) mass is 248 g/mol. The van der Waals surface area contributed by atoms with E-state index in [0.717, 1.165) is 12.2 Å². The van der Waals surface area contributed by atoms with Gasteiger partial charge in [-0.3, -0.25) is 0 Å². The largest absolute Gasteiger partial charge is 0.478 e. The van der Waals surface area contributed by atoms with Crippen molar-refractivity contribution in [3.05, 3.63) is 36.8 Å². The smallest absolute Gasteiger partial charge is 0.327 e. The van der Waals surface area contributed by atoms with Gasteiger partial charge in [0.05, 0.1) is 0 Å². The fourth-order valence-electron chi connectivity index (χ4n) is 0.196. The molecule has 1 aliphatic heterocycles. The Labute approximate surface area is 96.2 Å². The van der Waals surface area contributed by atoms with Gasteiger partial charge in [-0.2, -0.15) is 0 Å². The molecule has 0 saturated heterocycles. The summed E-state index contributed by atoms with van der Waals surface area (Å²) in [5.74, 6) is -0.764. The molecule has 15 heavy (non-hydrogen) atoms. The lowest BCUT2D eigenvalue weighted by atomic mass is 10.7. The van der Waals surface area contributed by atoms with Crippen LogP contribution in [-0.4, -0.2) is 27.9 Å². The van der Waals surface area contributed by atoms with Crippen LogP contribution in [0.5, 0.6) is 0 Å². The summed E-state index contributed by atoms with van der Waals surface area (Å²) in [6, 6.07) is 0. The molecular weight excluding hydrogens is 236 g/mol. The van der Waals surface area contributed by atoms with E-state index in [2.05, 4.69) is 24.6 Å². The van der Waals surface area contributed by atoms with Crippen LogP contribution in [0.2, 0.25) is 0 Å². The van der Waals surface area contributed by atoms with Crippen LogP contribution < -0.4 is 0 Å². The molecule has 0 aliphatic carbocycles. The van der Waals surface area contributed by atoms with Crippen LogP contribution in [0.1, 0.15) is 0 Å². The summed E-state index contributed by atoms with van der Waals surface area (Å²) in [4.78, 5) is 18.5. The lowest BCUT2D eigenvalue weighted by molar-refractivity contribution is -0.132. The van der Waals surface area contributed by atoms with Crippen LogP contribution in [0.3, 0.4) is 0 Å². The average Bonchev–Trinajstić information content (AvgIpc) is 2.76. The van der Waals surface area contributed by atoms with Gasteiger partial charge in [-0.15, -0.1) is 0 Å². The van der Waals surface area contributed by atoms with Gasteiger partial charge < -0.3 is 10.2 Å². The Morgan fingerprint density at radius 3 is 1.67 bits per heavy atom. The molecule has 0 bridgehead atoms. The van der Waals surface area contributed by atoms with Crippen LogP contribution in [0.4, 0.5) is 0 Å². The third-order valence-electron chi connectivity index (χ3n) is 0.733. The van der Waals surface area contributed by atoms with Crippen molar-refractivity contribution < 1.29 is 19.8 Å². The van der Waals surface area contributed by atoms with Crippen molar-refractivity contribution >= 4 is 33.5 Å². The van der Waals surface area contributed by atoms with Crippen molar-refractivity contribution in [2.24, 2.45) is 0 Å². The quantitative estimate of drug-likeness (QED) is 0.577. The molecule has 1 rings (SSSR count). The lowest BCUT2D eigenvalue weighted by Crippen LogP contribution is -1.82. The van der Waals surface area contributed by atoms with E-state index >= 15 is 0 Å². The van der Waals surface area contributed by atoms with E-state index in [1.165, 1.54) is 5.75 Å². The summed E-state index contributed by atoms with van der Waals surface area (Å²) in [6.07, 6.45) is 3.83. The van der Waals surface area contributed by atoms with E-state index in [1.54, 1.807) is 0 Å². The first-order chi connectivity index (χ1) is 7.04. The van der Waals surface area contributed by atoms with Crippen molar-refractivity contribution in [2.45, 2.75) is 0 Å². The van der Waals surface area contributed by atoms with Gasteiger partial charge in [-0.1, -0.05) is 40.8 Å². The first-order valence-electron chi connectivity index (χ1n) is 3.68. The maximum absolute atomic E-state index is 9.25. The molecule has 0 fully saturated rings. The zero-order chi connectivity index (χ0) is 12.1.